The van der Waals surface area contributed by atoms with E-state index in [4.69, 9.17) is 0 Å². The van der Waals surface area contributed by atoms with Crippen LogP contribution in [0.15, 0.2) is 53.2 Å². The van der Waals surface area contributed by atoms with E-state index in [0.717, 1.165) is 11.1 Å². The first-order valence-electron chi connectivity index (χ1n) is 5.56. The highest BCUT2D eigenvalue weighted by Gasteiger charge is 2.11. The van der Waals surface area contributed by atoms with Gasteiger partial charge in [-0.1, -0.05) is 48.5 Å². The Morgan fingerprint density at radius 2 is 1.83 bits per heavy atom. The summed E-state index contributed by atoms with van der Waals surface area (Å²) in [6.07, 6.45) is 3.89. The molecule has 88 valence electrons. The molecule has 2 aromatic carbocycles. The van der Waals surface area contributed by atoms with Crippen molar-refractivity contribution in [3.05, 3.63) is 64.9 Å². The Hall–Kier alpha value is -2.62. The molecule has 0 saturated heterocycles. The fourth-order valence-corrected chi connectivity index (χ4v) is 1.80. The monoisotopic (exact) mass is 238 g/mol. The predicted octanol–water partition coefficient (Wildman–Crippen LogP) is 2.63. The van der Waals surface area contributed by atoms with Crippen molar-refractivity contribution in [1.82, 2.24) is 5.16 Å². The third-order valence-corrected chi connectivity index (χ3v) is 2.70. The number of aromatic nitrogens is 2. The van der Waals surface area contributed by atoms with Gasteiger partial charge in [-0.3, -0.25) is 4.63 Å². The molecule has 0 saturated carbocycles. The van der Waals surface area contributed by atoms with Crippen LogP contribution in [0.25, 0.3) is 23.2 Å². The Kier molecular flexibility index (Phi) is 2.53. The smallest absolute Gasteiger partial charge is 0.255 e. The van der Waals surface area contributed by atoms with Gasteiger partial charge in [-0.15, -0.1) is 0 Å². The lowest BCUT2D eigenvalue weighted by Gasteiger charge is -1.92. The lowest BCUT2D eigenvalue weighted by Crippen LogP contribution is -2.22. The molecule has 4 heteroatoms. The summed E-state index contributed by atoms with van der Waals surface area (Å²) in [5.74, 6) is 0. The Morgan fingerprint density at radius 3 is 2.67 bits per heavy atom. The highest BCUT2D eigenvalue weighted by atomic mass is 16.8. The zero-order chi connectivity index (χ0) is 12.4. The van der Waals surface area contributed by atoms with Crippen molar-refractivity contribution in [3.8, 4) is 0 Å². The summed E-state index contributed by atoms with van der Waals surface area (Å²) in [6.45, 7) is 0. The highest BCUT2D eigenvalue weighted by molar-refractivity contribution is 5.85. The second-order valence-electron chi connectivity index (χ2n) is 3.89. The summed E-state index contributed by atoms with van der Waals surface area (Å²) in [6, 6.07) is 15.3. The second-order valence-corrected chi connectivity index (χ2v) is 3.89. The summed E-state index contributed by atoms with van der Waals surface area (Å²) in [4.78, 5) is 0.412. The Labute approximate surface area is 103 Å². The van der Waals surface area contributed by atoms with Gasteiger partial charge in [-0.05, 0) is 22.6 Å². The molecule has 0 atom stereocenters. The molecule has 1 heterocycles. The van der Waals surface area contributed by atoms with Gasteiger partial charge in [0.1, 0.15) is 0 Å². The van der Waals surface area contributed by atoms with Crippen molar-refractivity contribution >= 4 is 23.2 Å². The summed E-state index contributed by atoms with van der Waals surface area (Å²) in [5, 5.41) is 15.0. The molecule has 3 rings (SSSR count). The van der Waals surface area contributed by atoms with Gasteiger partial charge in [-0.2, -0.15) is 0 Å². The van der Waals surface area contributed by atoms with Gasteiger partial charge >= 0.3 is 0 Å². The van der Waals surface area contributed by atoms with E-state index >= 15 is 0 Å². The van der Waals surface area contributed by atoms with Crippen molar-refractivity contribution in [1.29, 1.82) is 0 Å². The lowest BCUT2D eigenvalue weighted by molar-refractivity contribution is -0.782. The zero-order valence-corrected chi connectivity index (χ0v) is 9.48. The molecule has 18 heavy (non-hydrogen) atoms. The molecule has 0 unspecified atom stereocenters. The third kappa shape index (κ3) is 1.84. The Bertz CT molecular complexity index is 702. The molecule has 0 radical (unpaired) electrons. The van der Waals surface area contributed by atoms with Crippen LogP contribution in [0.1, 0.15) is 11.1 Å². The maximum absolute atomic E-state index is 11.3. The standard InChI is InChI=1S/C14H10N2O2/c17-16-13-8-4-7-12(14(13)15-18-16)10-9-11-5-2-1-3-6-11/h1-10H. The van der Waals surface area contributed by atoms with E-state index in [9.17, 15) is 5.21 Å². The molecule has 0 fully saturated rings. The van der Waals surface area contributed by atoms with Crippen LogP contribution >= 0.6 is 0 Å². The van der Waals surface area contributed by atoms with Crippen LogP contribution in [0.4, 0.5) is 0 Å². The minimum Gasteiger partial charge on any atom is -0.359 e. The van der Waals surface area contributed by atoms with Crippen LogP contribution in [-0.4, -0.2) is 5.16 Å². The van der Waals surface area contributed by atoms with Crippen molar-refractivity contribution in [2.24, 2.45) is 0 Å². The number of rotatable bonds is 2. The number of fused-ring (bicyclic) bond motifs is 1. The first-order valence-corrected chi connectivity index (χ1v) is 5.56. The fourth-order valence-electron chi connectivity index (χ4n) is 1.80. The predicted molar refractivity (Wildman–Crippen MR) is 68.3 cm³/mol. The van der Waals surface area contributed by atoms with Crippen molar-refractivity contribution in [2.45, 2.75) is 0 Å². The van der Waals surface area contributed by atoms with E-state index in [0.29, 0.717) is 15.9 Å². The number of hydrogen-bond acceptors (Lipinski definition) is 3. The van der Waals surface area contributed by atoms with Crippen LogP contribution in [0.3, 0.4) is 0 Å². The Balaban J connectivity index is 2.03. The zero-order valence-electron chi connectivity index (χ0n) is 9.48. The average Bonchev–Trinajstić information content (AvgIpc) is 2.80. The van der Waals surface area contributed by atoms with E-state index in [1.54, 1.807) is 12.1 Å². The summed E-state index contributed by atoms with van der Waals surface area (Å²) in [7, 11) is 0. The van der Waals surface area contributed by atoms with Crippen LogP contribution in [0, 0.1) is 5.21 Å². The summed E-state index contributed by atoms with van der Waals surface area (Å²) < 4.78 is 4.58. The quantitative estimate of drug-likeness (QED) is 0.509. The molecule has 0 amide bonds. The minimum absolute atomic E-state index is 0.412. The van der Waals surface area contributed by atoms with E-state index < -0.39 is 0 Å². The van der Waals surface area contributed by atoms with Gasteiger partial charge in [0, 0.05) is 10.7 Å². The average molecular weight is 238 g/mol. The molecule has 1 aromatic heterocycles. The fraction of sp³-hybridized carbons (Fsp3) is 0. The Morgan fingerprint density at radius 1 is 1.00 bits per heavy atom. The molecule has 0 aliphatic carbocycles. The van der Waals surface area contributed by atoms with Gasteiger partial charge in [0.25, 0.3) is 5.52 Å². The maximum atomic E-state index is 11.3. The lowest BCUT2D eigenvalue weighted by atomic mass is 10.1. The van der Waals surface area contributed by atoms with Gasteiger partial charge in [0.05, 0.1) is 0 Å². The maximum Gasteiger partial charge on any atom is 0.255 e. The first kappa shape index (κ1) is 10.5. The van der Waals surface area contributed by atoms with Crippen molar-refractivity contribution in [3.63, 3.8) is 0 Å². The molecule has 0 N–H and O–H groups in total. The number of hydrogen-bond donors (Lipinski definition) is 0. The van der Waals surface area contributed by atoms with Gasteiger partial charge < -0.3 is 5.21 Å². The van der Waals surface area contributed by atoms with E-state index in [1.165, 1.54) is 0 Å². The van der Waals surface area contributed by atoms with Crippen LogP contribution in [0.2, 0.25) is 0 Å². The summed E-state index contributed by atoms with van der Waals surface area (Å²) >= 11 is 0. The molecule has 0 bridgehead atoms. The van der Waals surface area contributed by atoms with Gasteiger partial charge in [0.15, 0.2) is 0 Å². The molecule has 0 aliphatic heterocycles. The van der Waals surface area contributed by atoms with Crippen molar-refractivity contribution < 1.29 is 9.53 Å². The third-order valence-electron chi connectivity index (χ3n) is 2.70. The topological polar surface area (TPSA) is 53.0 Å². The number of benzene rings is 2. The van der Waals surface area contributed by atoms with Gasteiger partial charge in [0.2, 0.25) is 5.52 Å². The normalized spacial score (nSPS) is 11.3. The van der Waals surface area contributed by atoms with Crippen LogP contribution in [-0.2, 0) is 0 Å². The largest absolute Gasteiger partial charge is 0.359 e. The van der Waals surface area contributed by atoms with E-state index in [2.05, 4.69) is 9.79 Å². The summed E-state index contributed by atoms with van der Waals surface area (Å²) in [5.41, 5.74) is 2.95. The minimum atomic E-state index is 0.412. The molecule has 4 nitrogen and oxygen atoms in total. The molecular weight excluding hydrogens is 228 g/mol. The highest BCUT2D eigenvalue weighted by Crippen LogP contribution is 2.16. The van der Waals surface area contributed by atoms with Crippen LogP contribution < -0.4 is 4.90 Å². The second kappa shape index (κ2) is 4.33. The van der Waals surface area contributed by atoms with Crippen LogP contribution in [0.5, 0.6) is 0 Å². The molecular formula is C14H10N2O2. The van der Waals surface area contributed by atoms with E-state index in [-0.39, 0.29) is 0 Å². The van der Waals surface area contributed by atoms with E-state index in [1.807, 2.05) is 48.6 Å². The first-order chi connectivity index (χ1) is 8.84. The molecule has 0 spiro atoms. The SMILES string of the molecule is [O-][n+]1onc2c(C=Cc3ccccc3)cccc21. The van der Waals surface area contributed by atoms with Crippen molar-refractivity contribution in [2.75, 3.05) is 0 Å². The molecule has 0 aliphatic rings. The molecule has 3 aromatic rings. The number of nitrogens with zero attached hydrogens (tertiary/aromatic N) is 2. The van der Waals surface area contributed by atoms with Gasteiger partial charge in [-0.25, -0.2) is 0 Å².